The second kappa shape index (κ2) is 21.3. The van der Waals surface area contributed by atoms with E-state index < -0.39 is 76.5 Å². The SMILES string of the molecule is C=CC(=O)OCC(O)CN(CCCC[Si](C)(C)O[Si](C)(C)CCCCN(CC(O)COC(=O)C=C)C(=O)c1ccc2c(c1)C(=O)OC2=O)C(=O)c1ccc2c(c1)C(=O)OC2=O. The van der Waals surface area contributed by atoms with Crippen LogP contribution in [-0.2, 0) is 32.7 Å². The second-order valence-corrected chi connectivity index (χ2v) is 24.7. The third kappa shape index (κ3) is 13.7. The fourth-order valence-electron chi connectivity index (χ4n) is 7.00. The minimum atomic E-state index is -2.25. The van der Waals surface area contributed by atoms with Crippen molar-refractivity contribution in [3.05, 3.63) is 95.1 Å². The maximum absolute atomic E-state index is 13.7. The summed E-state index contributed by atoms with van der Waals surface area (Å²) in [5.41, 5.74) is 0.314. The van der Waals surface area contributed by atoms with Gasteiger partial charge in [-0.05, 0) is 87.5 Å². The summed E-state index contributed by atoms with van der Waals surface area (Å²) >= 11 is 0. The smallest absolute Gasteiger partial charge is 0.346 e. The van der Waals surface area contributed by atoms with Crippen LogP contribution in [0.3, 0.4) is 0 Å². The molecule has 2 unspecified atom stereocenters. The van der Waals surface area contributed by atoms with E-state index in [1.54, 1.807) is 0 Å². The van der Waals surface area contributed by atoms with Crippen LogP contribution in [0.2, 0.25) is 38.3 Å². The van der Waals surface area contributed by atoms with Gasteiger partial charge in [0, 0.05) is 36.4 Å². The van der Waals surface area contributed by atoms with Gasteiger partial charge in [0.15, 0.2) is 16.6 Å². The molecule has 2 amide bonds. The quantitative estimate of drug-likeness (QED) is 0.0378. The highest BCUT2D eigenvalue weighted by atomic mass is 28.4. The van der Waals surface area contributed by atoms with Crippen LogP contribution < -0.4 is 0 Å². The van der Waals surface area contributed by atoms with Crippen LogP contribution in [-0.4, -0.2) is 136 Å². The molecule has 2 aromatic carbocycles. The van der Waals surface area contributed by atoms with Gasteiger partial charge in [-0.2, -0.15) is 0 Å². The minimum Gasteiger partial charge on any atom is -0.460 e. The number of nitrogens with zero attached hydrogens (tertiary/aromatic N) is 2. The number of rotatable bonds is 24. The largest absolute Gasteiger partial charge is 0.460 e. The summed E-state index contributed by atoms with van der Waals surface area (Å²) in [5, 5.41) is 21.3. The van der Waals surface area contributed by atoms with Gasteiger partial charge < -0.3 is 43.1 Å². The Morgan fingerprint density at radius 3 is 1.34 bits per heavy atom. The summed E-state index contributed by atoms with van der Waals surface area (Å²) in [6.07, 6.45) is 1.97. The number of aliphatic hydroxyl groups excluding tert-OH is 2. The molecule has 61 heavy (non-hydrogen) atoms. The van der Waals surface area contributed by atoms with E-state index in [4.69, 9.17) is 13.6 Å². The minimum absolute atomic E-state index is 0.0228. The van der Waals surface area contributed by atoms with Crippen molar-refractivity contribution in [2.45, 2.75) is 76.2 Å². The predicted molar refractivity (Wildman–Crippen MR) is 223 cm³/mol. The molecular weight excluding hydrogens is 829 g/mol. The van der Waals surface area contributed by atoms with Crippen LogP contribution >= 0.6 is 0 Å². The first-order chi connectivity index (χ1) is 28.7. The number of ether oxygens (including phenoxy) is 4. The predicted octanol–water partition coefficient (Wildman–Crippen LogP) is 4.06. The highest BCUT2D eigenvalue weighted by Crippen LogP contribution is 2.27. The zero-order valence-electron chi connectivity index (χ0n) is 34.8. The van der Waals surface area contributed by atoms with Crippen molar-refractivity contribution in [1.82, 2.24) is 9.80 Å². The third-order valence-electron chi connectivity index (χ3n) is 9.86. The molecule has 0 aliphatic carbocycles. The number of esters is 6. The molecule has 2 atom stereocenters. The number of unbranched alkanes of at least 4 members (excludes halogenated alkanes) is 2. The summed E-state index contributed by atoms with van der Waals surface area (Å²) in [4.78, 5) is 101. The van der Waals surface area contributed by atoms with Gasteiger partial charge in [0.1, 0.15) is 25.4 Å². The van der Waals surface area contributed by atoms with Crippen molar-refractivity contribution in [1.29, 1.82) is 0 Å². The van der Waals surface area contributed by atoms with Crippen LogP contribution in [0.5, 0.6) is 0 Å². The van der Waals surface area contributed by atoms with E-state index in [0.29, 0.717) is 25.7 Å². The number of amides is 2. The number of hydrogen-bond acceptors (Lipinski definition) is 15. The van der Waals surface area contributed by atoms with E-state index in [1.807, 2.05) is 0 Å². The summed E-state index contributed by atoms with van der Waals surface area (Å²) in [5.74, 6) is -5.73. The number of hydrogen-bond donors (Lipinski definition) is 2. The number of carbonyl (C=O) groups excluding carboxylic acids is 8. The number of benzene rings is 2. The standard InChI is InChI=1S/C42H52N2O15Si2/c1-7-35(47)55-25-29(45)23-43(37(49)27-13-15-31-33(21-27)41(53)57-39(31)51)17-9-11-19-60(3,4)59-61(5,6)20-12-10-18-44(24-30(46)26-56-36(48)8-2)38(50)28-14-16-32-34(22-28)42(54)58-40(32)52/h7-8,13-16,21-22,29-30,45-46H,1-2,9-12,17-20,23-26H2,3-6H3. The lowest BCUT2D eigenvalue weighted by molar-refractivity contribution is -0.141. The van der Waals surface area contributed by atoms with Crippen molar-refractivity contribution in [3.8, 4) is 0 Å². The molecule has 2 aromatic rings. The fourth-order valence-corrected chi connectivity index (χ4v) is 16.0. The Kier molecular flexibility index (Phi) is 16.8. The first kappa shape index (κ1) is 48.1. The number of aliphatic hydroxyl groups is 2. The van der Waals surface area contributed by atoms with Crippen molar-refractivity contribution in [2.24, 2.45) is 0 Å². The van der Waals surface area contributed by atoms with E-state index in [-0.39, 0.29) is 72.8 Å². The normalized spacial score (nSPS) is 14.3. The third-order valence-corrected chi connectivity index (χ3v) is 17.4. The average Bonchev–Trinajstić information content (AvgIpc) is 3.67. The van der Waals surface area contributed by atoms with Gasteiger partial charge >= 0.3 is 35.8 Å². The highest BCUT2D eigenvalue weighted by molar-refractivity contribution is 6.84. The molecule has 0 bridgehead atoms. The van der Waals surface area contributed by atoms with Crippen molar-refractivity contribution in [3.63, 3.8) is 0 Å². The Bertz CT molecular complexity index is 1920. The Hall–Kier alpha value is -5.61. The molecule has 0 saturated heterocycles. The van der Waals surface area contributed by atoms with Crippen LogP contribution in [0, 0.1) is 0 Å². The molecule has 17 nitrogen and oxygen atoms in total. The van der Waals surface area contributed by atoms with Gasteiger partial charge in [0.2, 0.25) is 0 Å². The number of cyclic esters (lactones) is 4. The summed E-state index contributed by atoms with van der Waals surface area (Å²) in [7, 11) is -4.49. The second-order valence-electron chi connectivity index (χ2n) is 15.9. The maximum atomic E-state index is 13.7. The zero-order chi connectivity index (χ0) is 45.1. The molecule has 328 valence electrons. The van der Waals surface area contributed by atoms with Gasteiger partial charge in [0.25, 0.3) is 11.8 Å². The van der Waals surface area contributed by atoms with Gasteiger partial charge in [-0.1, -0.05) is 26.0 Å². The number of fused-ring (bicyclic) bond motifs is 2. The molecule has 2 heterocycles. The fraction of sp³-hybridized carbons (Fsp3) is 0.429. The molecule has 19 heteroatoms. The van der Waals surface area contributed by atoms with Gasteiger partial charge in [-0.3, -0.25) is 9.59 Å². The Morgan fingerprint density at radius 2 is 0.984 bits per heavy atom. The molecule has 2 aliphatic rings. The molecule has 0 radical (unpaired) electrons. The first-order valence-electron chi connectivity index (χ1n) is 19.8. The van der Waals surface area contributed by atoms with Crippen LogP contribution in [0.15, 0.2) is 61.7 Å². The van der Waals surface area contributed by atoms with Crippen molar-refractivity contribution in [2.75, 3.05) is 39.4 Å². The zero-order valence-corrected chi connectivity index (χ0v) is 36.8. The number of carbonyl (C=O) groups is 8. The average molecular weight is 881 g/mol. The van der Waals surface area contributed by atoms with Gasteiger partial charge in [-0.15, -0.1) is 0 Å². The molecular formula is C42H52N2O15Si2. The van der Waals surface area contributed by atoms with E-state index in [1.165, 1.54) is 46.2 Å². The lowest BCUT2D eigenvalue weighted by Crippen LogP contribution is -2.44. The molecule has 0 fully saturated rings. The summed E-state index contributed by atoms with van der Waals surface area (Å²) < 4.78 is 26.0. The monoisotopic (exact) mass is 880 g/mol. The summed E-state index contributed by atoms with van der Waals surface area (Å²) in [6.45, 7) is 14.5. The Balaban J connectivity index is 1.32. The molecule has 0 spiro atoms. The molecule has 4 rings (SSSR count). The van der Waals surface area contributed by atoms with Gasteiger partial charge in [-0.25, -0.2) is 28.8 Å². The summed E-state index contributed by atoms with van der Waals surface area (Å²) in [6, 6.07) is 9.61. The Labute approximate surface area is 355 Å². The Morgan fingerprint density at radius 1 is 0.623 bits per heavy atom. The topological polar surface area (TPSA) is 230 Å². The lowest BCUT2D eigenvalue weighted by Gasteiger charge is -2.34. The van der Waals surface area contributed by atoms with Crippen molar-refractivity contribution >= 4 is 64.3 Å². The van der Waals surface area contributed by atoms with Crippen molar-refractivity contribution < 1.29 is 71.6 Å². The molecule has 2 aliphatic heterocycles. The van der Waals surface area contributed by atoms with E-state index in [9.17, 15) is 48.6 Å². The first-order valence-corrected chi connectivity index (χ1v) is 26.0. The lowest BCUT2D eigenvalue weighted by atomic mass is 10.0. The van der Waals surface area contributed by atoms with Crippen LogP contribution in [0.4, 0.5) is 0 Å². The van der Waals surface area contributed by atoms with E-state index in [2.05, 4.69) is 48.8 Å². The maximum Gasteiger partial charge on any atom is 0.346 e. The molecule has 0 saturated carbocycles. The van der Waals surface area contributed by atoms with Crippen LogP contribution in [0.1, 0.15) is 87.8 Å². The highest BCUT2D eigenvalue weighted by Gasteiger charge is 2.35. The van der Waals surface area contributed by atoms with Gasteiger partial charge in [0.05, 0.1) is 35.3 Å². The van der Waals surface area contributed by atoms with E-state index >= 15 is 0 Å². The van der Waals surface area contributed by atoms with E-state index in [0.717, 1.165) is 24.2 Å². The van der Waals surface area contributed by atoms with Crippen LogP contribution in [0.25, 0.3) is 0 Å². The molecule has 2 N–H and O–H groups in total. The molecule has 0 aromatic heterocycles.